The van der Waals surface area contributed by atoms with Gasteiger partial charge < -0.3 is 10.5 Å². The molecule has 5 heteroatoms. The minimum atomic E-state index is -0.532. The van der Waals surface area contributed by atoms with Gasteiger partial charge in [0.05, 0.1) is 5.69 Å². The average Bonchev–Trinajstić information content (AvgIpc) is 2.66. The van der Waals surface area contributed by atoms with Crippen LogP contribution in [0.3, 0.4) is 0 Å². The van der Waals surface area contributed by atoms with Gasteiger partial charge in [0.1, 0.15) is 10.5 Å². The summed E-state index contributed by atoms with van der Waals surface area (Å²) in [5.41, 5.74) is 7.85. The standard InChI is InChI=1S/C15H18N2O2S/c1-9-11(16)13(14(18)19-15(2,3)4)20-12(9)10-6-5-7-17-8-10/h5-8H,16H2,1-4H3. The van der Waals surface area contributed by atoms with Crippen LogP contribution in [0.2, 0.25) is 0 Å². The molecule has 0 saturated carbocycles. The van der Waals surface area contributed by atoms with Crippen molar-refractivity contribution in [1.29, 1.82) is 0 Å². The highest BCUT2D eigenvalue weighted by atomic mass is 32.1. The first-order chi connectivity index (χ1) is 9.29. The molecule has 0 unspecified atom stereocenters. The molecule has 0 aliphatic carbocycles. The molecule has 0 spiro atoms. The summed E-state index contributed by atoms with van der Waals surface area (Å²) in [4.78, 5) is 17.7. The summed E-state index contributed by atoms with van der Waals surface area (Å²) < 4.78 is 5.38. The SMILES string of the molecule is Cc1c(-c2cccnc2)sc(C(=O)OC(C)(C)C)c1N. The first-order valence-corrected chi connectivity index (χ1v) is 7.14. The fourth-order valence-corrected chi connectivity index (χ4v) is 2.87. The van der Waals surface area contributed by atoms with Gasteiger partial charge in [0.25, 0.3) is 0 Å². The lowest BCUT2D eigenvalue weighted by Gasteiger charge is -2.19. The van der Waals surface area contributed by atoms with Crippen LogP contribution in [0.1, 0.15) is 36.0 Å². The van der Waals surface area contributed by atoms with E-state index in [0.717, 1.165) is 16.0 Å². The Bertz CT molecular complexity index is 627. The Labute approximate surface area is 122 Å². The predicted molar refractivity (Wildman–Crippen MR) is 81.9 cm³/mol. The summed E-state index contributed by atoms with van der Waals surface area (Å²) >= 11 is 1.35. The Kier molecular flexibility index (Phi) is 3.81. The van der Waals surface area contributed by atoms with Gasteiger partial charge in [-0.25, -0.2) is 4.79 Å². The highest BCUT2D eigenvalue weighted by Crippen LogP contribution is 2.38. The monoisotopic (exact) mass is 290 g/mol. The molecule has 106 valence electrons. The molecule has 2 aromatic rings. The fraction of sp³-hybridized carbons (Fsp3) is 0.333. The number of nitrogens with zero attached hydrogens (tertiary/aromatic N) is 1. The number of nitrogens with two attached hydrogens (primary N) is 1. The maximum Gasteiger partial charge on any atom is 0.351 e. The summed E-state index contributed by atoms with van der Waals surface area (Å²) in [6.07, 6.45) is 3.47. The van der Waals surface area contributed by atoms with Crippen LogP contribution in [0.25, 0.3) is 10.4 Å². The number of pyridine rings is 1. The predicted octanol–water partition coefficient (Wildman–Crippen LogP) is 3.66. The molecule has 20 heavy (non-hydrogen) atoms. The van der Waals surface area contributed by atoms with Crippen LogP contribution in [0, 0.1) is 6.92 Å². The fourth-order valence-electron chi connectivity index (χ4n) is 1.77. The lowest BCUT2D eigenvalue weighted by molar-refractivity contribution is 0.00763. The van der Waals surface area contributed by atoms with E-state index in [-0.39, 0.29) is 5.97 Å². The number of thiophene rings is 1. The second-order valence-electron chi connectivity index (χ2n) is 5.54. The Morgan fingerprint density at radius 3 is 2.65 bits per heavy atom. The van der Waals surface area contributed by atoms with Gasteiger partial charge >= 0.3 is 5.97 Å². The van der Waals surface area contributed by atoms with Crippen LogP contribution in [0.15, 0.2) is 24.5 Å². The maximum absolute atomic E-state index is 12.2. The van der Waals surface area contributed by atoms with E-state index in [4.69, 9.17) is 10.5 Å². The van der Waals surface area contributed by atoms with Crippen LogP contribution in [0.5, 0.6) is 0 Å². The number of carbonyl (C=O) groups is 1. The first-order valence-electron chi connectivity index (χ1n) is 6.32. The molecule has 0 amide bonds. The molecule has 2 N–H and O–H groups in total. The van der Waals surface area contributed by atoms with Gasteiger partial charge in [0.15, 0.2) is 0 Å². The zero-order valence-corrected chi connectivity index (χ0v) is 12.9. The van der Waals surface area contributed by atoms with Crippen molar-refractivity contribution in [3.63, 3.8) is 0 Å². The third-order valence-corrected chi connectivity index (χ3v) is 4.04. The molecular weight excluding hydrogens is 272 g/mol. The maximum atomic E-state index is 12.2. The minimum absolute atomic E-state index is 0.377. The van der Waals surface area contributed by atoms with Crippen LogP contribution in [-0.4, -0.2) is 16.6 Å². The summed E-state index contributed by atoms with van der Waals surface area (Å²) in [7, 11) is 0. The highest BCUT2D eigenvalue weighted by Gasteiger charge is 2.24. The van der Waals surface area contributed by atoms with E-state index in [1.165, 1.54) is 11.3 Å². The van der Waals surface area contributed by atoms with Crippen molar-refractivity contribution in [3.05, 3.63) is 35.0 Å². The average molecular weight is 290 g/mol. The molecule has 0 fully saturated rings. The topological polar surface area (TPSA) is 65.2 Å². The number of ether oxygens (including phenoxy) is 1. The normalized spacial score (nSPS) is 11.4. The molecule has 0 atom stereocenters. The smallest absolute Gasteiger partial charge is 0.351 e. The third kappa shape index (κ3) is 2.99. The van der Waals surface area contributed by atoms with E-state index in [2.05, 4.69) is 4.98 Å². The van der Waals surface area contributed by atoms with Crippen LogP contribution < -0.4 is 5.73 Å². The zero-order valence-electron chi connectivity index (χ0n) is 12.1. The van der Waals surface area contributed by atoms with E-state index in [1.54, 1.807) is 12.4 Å². The van der Waals surface area contributed by atoms with Gasteiger partial charge in [-0.1, -0.05) is 6.07 Å². The van der Waals surface area contributed by atoms with Gasteiger partial charge in [-0.3, -0.25) is 4.98 Å². The Balaban J connectivity index is 2.41. The minimum Gasteiger partial charge on any atom is -0.456 e. The molecule has 0 radical (unpaired) electrons. The van der Waals surface area contributed by atoms with E-state index in [9.17, 15) is 4.79 Å². The van der Waals surface area contributed by atoms with Gasteiger partial charge in [0, 0.05) is 22.8 Å². The molecule has 2 rings (SSSR count). The summed E-state index contributed by atoms with van der Waals surface area (Å²) in [6.45, 7) is 7.42. The van der Waals surface area contributed by atoms with E-state index in [1.807, 2.05) is 39.8 Å². The molecule has 0 bridgehead atoms. The van der Waals surface area contributed by atoms with E-state index >= 15 is 0 Å². The number of hydrogen-bond acceptors (Lipinski definition) is 5. The summed E-state index contributed by atoms with van der Waals surface area (Å²) in [5.74, 6) is -0.377. The Morgan fingerprint density at radius 1 is 1.40 bits per heavy atom. The van der Waals surface area contributed by atoms with Crippen LogP contribution >= 0.6 is 11.3 Å². The first kappa shape index (κ1) is 14.5. The quantitative estimate of drug-likeness (QED) is 0.857. The third-order valence-electron chi connectivity index (χ3n) is 2.70. The van der Waals surface area contributed by atoms with Crippen molar-refractivity contribution < 1.29 is 9.53 Å². The highest BCUT2D eigenvalue weighted by molar-refractivity contribution is 7.18. The second kappa shape index (κ2) is 5.25. The zero-order chi connectivity index (χ0) is 14.9. The molecule has 0 aromatic carbocycles. The van der Waals surface area contributed by atoms with Gasteiger partial charge in [0.2, 0.25) is 0 Å². The van der Waals surface area contributed by atoms with Crippen molar-refractivity contribution in [2.24, 2.45) is 0 Å². The van der Waals surface area contributed by atoms with Crippen molar-refractivity contribution in [2.75, 3.05) is 5.73 Å². The van der Waals surface area contributed by atoms with Crippen LogP contribution in [-0.2, 0) is 4.74 Å². The largest absolute Gasteiger partial charge is 0.456 e. The summed E-state index contributed by atoms with van der Waals surface area (Å²) in [5, 5.41) is 0. The number of carbonyl (C=O) groups excluding carboxylic acids is 1. The number of hydrogen-bond donors (Lipinski definition) is 1. The molecule has 2 heterocycles. The lowest BCUT2D eigenvalue weighted by Crippen LogP contribution is -2.23. The summed E-state index contributed by atoms with van der Waals surface area (Å²) in [6, 6.07) is 3.81. The van der Waals surface area contributed by atoms with E-state index < -0.39 is 5.60 Å². The molecule has 0 saturated heterocycles. The van der Waals surface area contributed by atoms with E-state index in [0.29, 0.717) is 10.6 Å². The number of aromatic nitrogens is 1. The molecule has 0 aliphatic heterocycles. The Hall–Kier alpha value is -1.88. The van der Waals surface area contributed by atoms with Gasteiger partial charge in [-0.2, -0.15) is 0 Å². The van der Waals surface area contributed by atoms with Gasteiger partial charge in [-0.15, -0.1) is 11.3 Å². The number of anilines is 1. The molecule has 0 aliphatic rings. The lowest BCUT2D eigenvalue weighted by atomic mass is 10.1. The van der Waals surface area contributed by atoms with Crippen molar-refractivity contribution in [3.8, 4) is 10.4 Å². The molecule has 2 aromatic heterocycles. The van der Waals surface area contributed by atoms with Crippen molar-refractivity contribution in [2.45, 2.75) is 33.3 Å². The molecule has 4 nitrogen and oxygen atoms in total. The van der Waals surface area contributed by atoms with Crippen molar-refractivity contribution in [1.82, 2.24) is 4.98 Å². The van der Waals surface area contributed by atoms with Crippen LogP contribution in [0.4, 0.5) is 5.69 Å². The Morgan fingerprint density at radius 2 is 2.10 bits per heavy atom. The van der Waals surface area contributed by atoms with Crippen molar-refractivity contribution >= 4 is 23.0 Å². The molecular formula is C15H18N2O2S. The van der Waals surface area contributed by atoms with Gasteiger partial charge in [-0.05, 0) is 39.3 Å². The number of esters is 1. The number of nitrogen functional groups attached to an aromatic ring is 1. The number of rotatable bonds is 2. The second-order valence-corrected chi connectivity index (χ2v) is 6.56.